The SMILES string of the molecule is O=C(Oc1ccc2c(=O)c(Oc3ccccc3Cl)c(C(F)(F)F)oc2c1)c1ccc(Cl)c([N+](=O)[O-])c1. The van der Waals surface area contributed by atoms with E-state index in [2.05, 4.69) is 0 Å². The van der Waals surface area contributed by atoms with Gasteiger partial charge in [0.2, 0.25) is 11.2 Å². The number of benzene rings is 3. The Kier molecular flexibility index (Phi) is 6.61. The van der Waals surface area contributed by atoms with E-state index in [4.69, 9.17) is 37.1 Å². The summed E-state index contributed by atoms with van der Waals surface area (Å²) in [7, 11) is 0. The van der Waals surface area contributed by atoms with Crippen LogP contribution in [0.2, 0.25) is 10.0 Å². The molecule has 1 aromatic heterocycles. The Labute approximate surface area is 208 Å². The Morgan fingerprint density at radius 1 is 1.00 bits per heavy atom. The smallest absolute Gasteiger partial charge is 0.448 e. The number of halogens is 5. The van der Waals surface area contributed by atoms with Gasteiger partial charge in [0.1, 0.15) is 22.1 Å². The van der Waals surface area contributed by atoms with Gasteiger partial charge >= 0.3 is 12.1 Å². The van der Waals surface area contributed by atoms with E-state index < -0.39 is 45.3 Å². The first-order valence-electron chi connectivity index (χ1n) is 9.72. The van der Waals surface area contributed by atoms with E-state index in [-0.39, 0.29) is 32.5 Å². The van der Waals surface area contributed by atoms with Gasteiger partial charge in [0.05, 0.1) is 20.9 Å². The van der Waals surface area contributed by atoms with Crippen molar-refractivity contribution in [2.45, 2.75) is 6.18 Å². The number of alkyl halides is 3. The zero-order chi connectivity index (χ0) is 26.2. The van der Waals surface area contributed by atoms with Gasteiger partial charge in [-0.1, -0.05) is 35.3 Å². The molecule has 0 unspecified atom stereocenters. The molecule has 0 amide bonds. The molecular weight excluding hydrogens is 530 g/mol. The number of para-hydroxylation sites is 1. The van der Waals surface area contributed by atoms with E-state index in [9.17, 15) is 32.9 Å². The molecule has 4 rings (SSSR count). The van der Waals surface area contributed by atoms with E-state index >= 15 is 0 Å². The van der Waals surface area contributed by atoms with Gasteiger partial charge in [0, 0.05) is 12.1 Å². The van der Waals surface area contributed by atoms with Crippen LogP contribution in [0, 0.1) is 10.1 Å². The molecule has 0 aliphatic rings. The fourth-order valence-electron chi connectivity index (χ4n) is 3.08. The highest BCUT2D eigenvalue weighted by atomic mass is 35.5. The fourth-order valence-corrected chi connectivity index (χ4v) is 3.44. The predicted octanol–water partition coefficient (Wildman–Crippen LogP) is 7.04. The molecular formula is C23H10Cl2F3NO7. The van der Waals surface area contributed by atoms with Gasteiger partial charge in [-0.2, -0.15) is 13.2 Å². The second-order valence-electron chi connectivity index (χ2n) is 7.09. The summed E-state index contributed by atoms with van der Waals surface area (Å²) < 4.78 is 56.4. The zero-order valence-corrected chi connectivity index (χ0v) is 19.0. The van der Waals surface area contributed by atoms with Crippen molar-refractivity contribution in [2.75, 3.05) is 0 Å². The Morgan fingerprint density at radius 2 is 1.72 bits per heavy atom. The summed E-state index contributed by atoms with van der Waals surface area (Å²) in [5.74, 6) is -4.40. The number of esters is 1. The highest BCUT2D eigenvalue weighted by molar-refractivity contribution is 6.32. The summed E-state index contributed by atoms with van der Waals surface area (Å²) in [6.45, 7) is 0. The highest BCUT2D eigenvalue weighted by Gasteiger charge is 2.40. The Morgan fingerprint density at radius 3 is 2.39 bits per heavy atom. The standard InChI is InChI=1S/C23H10Cl2F3NO7/c24-14-8-5-11(9-16(14)29(32)33)22(31)34-12-6-7-13-18(10-12)36-21(23(26,27)28)20(19(13)30)35-17-4-2-1-3-15(17)25/h1-10H. The highest BCUT2D eigenvalue weighted by Crippen LogP contribution is 2.40. The average molecular weight is 540 g/mol. The molecule has 36 heavy (non-hydrogen) atoms. The third kappa shape index (κ3) is 4.97. The van der Waals surface area contributed by atoms with Crippen molar-refractivity contribution in [3.05, 3.63) is 102 Å². The maximum atomic E-state index is 13.7. The number of nitrogens with zero attached hydrogens (tertiary/aromatic N) is 1. The summed E-state index contributed by atoms with van der Waals surface area (Å²) in [4.78, 5) is 35.5. The first-order chi connectivity index (χ1) is 17.0. The van der Waals surface area contributed by atoms with E-state index in [0.717, 1.165) is 30.3 Å². The molecule has 0 spiro atoms. The number of nitro benzene ring substituents is 1. The molecule has 0 aliphatic carbocycles. The first kappa shape index (κ1) is 25.0. The molecule has 0 saturated carbocycles. The molecule has 0 atom stereocenters. The molecule has 0 aliphatic heterocycles. The Balaban J connectivity index is 1.74. The van der Waals surface area contributed by atoms with Gasteiger partial charge in [-0.05, 0) is 36.4 Å². The molecule has 13 heteroatoms. The van der Waals surface area contributed by atoms with Crippen LogP contribution in [0.3, 0.4) is 0 Å². The van der Waals surface area contributed by atoms with Crippen molar-refractivity contribution in [2.24, 2.45) is 0 Å². The Hall–Kier alpha value is -4.09. The van der Waals surface area contributed by atoms with E-state index in [1.807, 2.05) is 0 Å². The number of carbonyl (C=O) groups is 1. The molecule has 0 saturated heterocycles. The quantitative estimate of drug-likeness (QED) is 0.116. The molecule has 0 bridgehead atoms. The van der Waals surface area contributed by atoms with Crippen LogP contribution in [0.4, 0.5) is 18.9 Å². The molecule has 4 aromatic rings. The lowest BCUT2D eigenvalue weighted by molar-refractivity contribution is -0.384. The van der Waals surface area contributed by atoms with Gasteiger partial charge in [-0.15, -0.1) is 0 Å². The van der Waals surface area contributed by atoms with Gasteiger partial charge in [-0.3, -0.25) is 14.9 Å². The van der Waals surface area contributed by atoms with Crippen LogP contribution in [-0.4, -0.2) is 10.9 Å². The molecule has 8 nitrogen and oxygen atoms in total. The molecule has 184 valence electrons. The van der Waals surface area contributed by atoms with Gasteiger partial charge in [0.25, 0.3) is 11.4 Å². The third-order valence-corrected chi connectivity index (χ3v) is 5.35. The number of nitro groups is 1. The van der Waals surface area contributed by atoms with Crippen molar-refractivity contribution in [1.82, 2.24) is 0 Å². The van der Waals surface area contributed by atoms with E-state index in [0.29, 0.717) is 0 Å². The van der Waals surface area contributed by atoms with Gasteiger partial charge in [0.15, 0.2) is 0 Å². The summed E-state index contributed by atoms with van der Waals surface area (Å²) in [6.07, 6.45) is -5.13. The van der Waals surface area contributed by atoms with Crippen LogP contribution in [0.15, 0.2) is 69.9 Å². The second-order valence-corrected chi connectivity index (χ2v) is 7.90. The predicted molar refractivity (Wildman–Crippen MR) is 122 cm³/mol. The minimum absolute atomic E-state index is 0.0326. The van der Waals surface area contributed by atoms with Crippen LogP contribution < -0.4 is 14.9 Å². The lowest BCUT2D eigenvalue weighted by atomic mass is 10.2. The Bertz CT molecular complexity index is 1580. The van der Waals surface area contributed by atoms with Crippen LogP contribution in [0.25, 0.3) is 11.0 Å². The van der Waals surface area contributed by atoms with Crippen LogP contribution in [0.5, 0.6) is 17.2 Å². The molecule has 3 aromatic carbocycles. The summed E-state index contributed by atoms with van der Waals surface area (Å²) in [6, 6.07) is 11.9. The maximum absolute atomic E-state index is 13.7. The van der Waals surface area contributed by atoms with Crippen LogP contribution in [-0.2, 0) is 6.18 Å². The van der Waals surface area contributed by atoms with Crippen molar-refractivity contribution in [3.8, 4) is 17.2 Å². The van der Waals surface area contributed by atoms with Crippen molar-refractivity contribution < 1.29 is 36.8 Å². The van der Waals surface area contributed by atoms with E-state index in [1.165, 1.54) is 30.3 Å². The van der Waals surface area contributed by atoms with Crippen LogP contribution >= 0.6 is 23.2 Å². The lowest BCUT2D eigenvalue weighted by Crippen LogP contribution is -2.16. The molecule has 0 radical (unpaired) electrons. The molecule has 0 N–H and O–H groups in total. The minimum Gasteiger partial charge on any atom is -0.448 e. The number of hydrogen-bond donors (Lipinski definition) is 0. The number of hydrogen-bond acceptors (Lipinski definition) is 7. The van der Waals surface area contributed by atoms with Gasteiger partial charge in [-0.25, -0.2) is 4.79 Å². The summed E-state index contributed by atoms with van der Waals surface area (Å²) in [5, 5.41) is 10.5. The molecule has 1 heterocycles. The number of carbonyl (C=O) groups excluding carboxylic acids is 1. The number of rotatable bonds is 5. The largest absolute Gasteiger partial charge is 0.453 e. The maximum Gasteiger partial charge on any atom is 0.453 e. The number of ether oxygens (including phenoxy) is 2. The summed E-state index contributed by atoms with van der Waals surface area (Å²) in [5.41, 5.74) is -2.48. The van der Waals surface area contributed by atoms with Crippen molar-refractivity contribution in [3.63, 3.8) is 0 Å². The monoisotopic (exact) mass is 539 g/mol. The number of fused-ring (bicyclic) bond motifs is 1. The summed E-state index contributed by atoms with van der Waals surface area (Å²) >= 11 is 11.6. The van der Waals surface area contributed by atoms with Crippen molar-refractivity contribution in [1.29, 1.82) is 0 Å². The van der Waals surface area contributed by atoms with Crippen molar-refractivity contribution >= 4 is 45.8 Å². The first-order valence-corrected chi connectivity index (χ1v) is 10.5. The molecule has 0 fully saturated rings. The van der Waals surface area contributed by atoms with E-state index in [1.54, 1.807) is 0 Å². The average Bonchev–Trinajstić information content (AvgIpc) is 2.81. The normalized spacial score (nSPS) is 11.4. The van der Waals surface area contributed by atoms with Crippen LogP contribution in [0.1, 0.15) is 16.1 Å². The minimum atomic E-state index is -5.13. The van der Waals surface area contributed by atoms with Gasteiger partial charge < -0.3 is 13.9 Å². The fraction of sp³-hybridized carbons (Fsp3) is 0.0435. The third-order valence-electron chi connectivity index (χ3n) is 4.72. The lowest BCUT2D eigenvalue weighted by Gasteiger charge is -2.14. The topological polar surface area (TPSA) is 109 Å². The second kappa shape index (κ2) is 9.51. The zero-order valence-electron chi connectivity index (χ0n) is 17.5.